The number of aliphatic hydroxyl groups excluding tert-OH is 1. The van der Waals surface area contributed by atoms with Gasteiger partial charge in [-0.25, -0.2) is 13.2 Å². The van der Waals surface area contributed by atoms with E-state index >= 15 is 0 Å². The molecule has 1 N–H and O–H groups in total. The van der Waals surface area contributed by atoms with Gasteiger partial charge in [0.1, 0.15) is 0 Å². The van der Waals surface area contributed by atoms with E-state index in [-0.39, 0.29) is 25.8 Å². The van der Waals surface area contributed by atoms with Crippen LogP contribution < -0.4 is 0 Å². The van der Waals surface area contributed by atoms with Crippen molar-refractivity contribution >= 4 is 5.91 Å². The van der Waals surface area contributed by atoms with Gasteiger partial charge in [0, 0.05) is 6.54 Å². The zero-order valence-electron chi connectivity index (χ0n) is 10.8. The van der Waals surface area contributed by atoms with Gasteiger partial charge in [-0.3, -0.25) is 4.79 Å². The molecule has 0 aliphatic carbocycles. The number of ether oxygens (including phenoxy) is 1. The van der Waals surface area contributed by atoms with Gasteiger partial charge in [0.05, 0.1) is 30.9 Å². The van der Waals surface area contributed by atoms with E-state index in [9.17, 15) is 18.0 Å². The van der Waals surface area contributed by atoms with Crippen LogP contribution in [-0.4, -0.2) is 47.8 Å². The first-order chi connectivity index (χ1) is 9.45. The predicted molar refractivity (Wildman–Crippen MR) is 63.6 cm³/mol. The lowest BCUT2D eigenvalue weighted by Gasteiger charge is -2.37. The van der Waals surface area contributed by atoms with Crippen molar-refractivity contribution < 1.29 is 27.8 Å². The number of rotatable bonds is 2. The molecule has 1 saturated heterocycles. The molecule has 2 rings (SSSR count). The van der Waals surface area contributed by atoms with Crippen LogP contribution in [0.25, 0.3) is 0 Å². The van der Waals surface area contributed by atoms with Gasteiger partial charge in [-0.2, -0.15) is 0 Å². The molecule has 2 atom stereocenters. The SMILES string of the molecule is CC1COC(CO)CN1C(=O)c1ccc(F)c(F)c1F. The minimum absolute atomic E-state index is 0.0644. The monoisotopic (exact) mass is 289 g/mol. The highest BCUT2D eigenvalue weighted by molar-refractivity contribution is 5.94. The van der Waals surface area contributed by atoms with Crippen LogP contribution in [0, 0.1) is 17.5 Å². The van der Waals surface area contributed by atoms with E-state index in [0.717, 1.165) is 6.07 Å². The highest BCUT2D eigenvalue weighted by atomic mass is 19.2. The average molecular weight is 289 g/mol. The zero-order valence-corrected chi connectivity index (χ0v) is 10.8. The molecule has 1 aromatic carbocycles. The average Bonchev–Trinajstić information content (AvgIpc) is 2.45. The quantitative estimate of drug-likeness (QED) is 0.836. The molecule has 0 spiro atoms. The topological polar surface area (TPSA) is 49.8 Å². The van der Waals surface area contributed by atoms with Crippen LogP contribution in [0.15, 0.2) is 12.1 Å². The number of carbonyl (C=O) groups is 1. The molecule has 0 radical (unpaired) electrons. The third-order valence-corrected chi connectivity index (χ3v) is 3.24. The summed E-state index contributed by atoms with van der Waals surface area (Å²) in [5, 5.41) is 9.04. The fourth-order valence-electron chi connectivity index (χ4n) is 2.06. The third-order valence-electron chi connectivity index (χ3n) is 3.24. The molecule has 1 aliphatic rings. The van der Waals surface area contributed by atoms with E-state index in [1.807, 2.05) is 0 Å². The maximum absolute atomic E-state index is 13.6. The Labute approximate surface area is 113 Å². The number of hydrogen-bond donors (Lipinski definition) is 1. The van der Waals surface area contributed by atoms with Crippen molar-refractivity contribution in [3.63, 3.8) is 0 Å². The van der Waals surface area contributed by atoms with Crippen LogP contribution in [0.3, 0.4) is 0 Å². The number of amides is 1. The lowest BCUT2D eigenvalue weighted by Crippen LogP contribution is -2.52. The smallest absolute Gasteiger partial charge is 0.257 e. The van der Waals surface area contributed by atoms with Crippen molar-refractivity contribution in [1.82, 2.24) is 4.90 Å². The molecule has 2 unspecified atom stereocenters. The number of benzene rings is 1. The summed E-state index contributed by atoms with van der Waals surface area (Å²) in [7, 11) is 0. The summed E-state index contributed by atoms with van der Waals surface area (Å²) in [4.78, 5) is 13.5. The molecule has 1 amide bonds. The predicted octanol–water partition coefficient (Wildman–Crippen LogP) is 1.33. The normalized spacial score (nSPS) is 22.9. The summed E-state index contributed by atoms with van der Waals surface area (Å²) in [5.41, 5.74) is -0.533. The Kier molecular flexibility index (Phi) is 4.29. The number of halogens is 3. The molecule has 4 nitrogen and oxygen atoms in total. The highest BCUT2D eigenvalue weighted by Crippen LogP contribution is 2.20. The molecule has 20 heavy (non-hydrogen) atoms. The van der Waals surface area contributed by atoms with Gasteiger partial charge in [-0.05, 0) is 19.1 Å². The maximum atomic E-state index is 13.6. The summed E-state index contributed by atoms with van der Waals surface area (Å²) in [6.45, 7) is 1.65. The Morgan fingerprint density at radius 2 is 2.10 bits per heavy atom. The van der Waals surface area contributed by atoms with Gasteiger partial charge >= 0.3 is 0 Å². The molecule has 7 heteroatoms. The Hall–Kier alpha value is -1.60. The fourth-order valence-corrected chi connectivity index (χ4v) is 2.06. The first kappa shape index (κ1) is 14.8. The van der Waals surface area contributed by atoms with Gasteiger partial charge in [0.25, 0.3) is 5.91 Å². The summed E-state index contributed by atoms with van der Waals surface area (Å²) >= 11 is 0. The summed E-state index contributed by atoms with van der Waals surface area (Å²) in [5.74, 6) is -5.28. The standard InChI is InChI=1S/C13H14F3NO3/c1-7-6-20-8(5-18)4-17(7)13(19)9-2-3-10(14)12(16)11(9)15/h2-3,7-8,18H,4-6H2,1H3. The Bertz CT molecular complexity index is 524. The Morgan fingerprint density at radius 1 is 1.40 bits per heavy atom. The van der Waals surface area contributed by atoms with E-state index in [2.05, 4.69) is 0 Å². The first-order valence-corrected chi connectivity index (χ1v) is 6.12. The molecular weight excluding hydrogens is 275 g/mol. The number of aliphatic hydroxyl groups is 1. The van der Waals surface area contributed by atoms with Crippen LogP contribution in [0.2, 0.25) is 0 Å². The molecule has 1 aromatic rings. The first-order valence-electron chi connectivity index (χ1n) is 6.12. The van der Waals surface area contributed by atoms with Gasteiger partial charge < -0.3 is 14.7 Å². The lowest BCUT2D eigenvalue weighted by molar-refractivity contribution is -0.0668. The van der Waals surface area contributed by atoms with Gasteiger partial charge in [-0.15, -0.1) is 0 Å². The number of morpholine rings is 1. The van der Waals surface area contributed by atoms with Crippen molar-refractivity contribution in [2.75, 3.05) is 19.8 Å². The molecular formula is C13H14F3NO3. The Morgan fingerprint density at radius 3 is 2.75 bits per heavy atom. The van der Waals surface area contributed by atoms with Gasteiger partial charge in [-0.1, -0.05) is 0 Å². The Balaban J connectivity index is 2.28. The van der Waals surface area contributed by atoms with Crippen LogP contribution in [0.1, 0.15) is 17.3 Å². The zero-order chi connectivity index (χ0) is 14.9. The van der Waals surface area contributed by atoms with E-state index < -0.39 is 35.0 Å². The van der Waals surface area contributed by atoms with Crippen molar-refractivity contribution in [3.05, 3.63) is 35.1 Å². The summed E-state index contributed by atoms with van der Waals surface area (Å²) < 4.78 is 44.9. The van der Waals surface area contributed by atoms with Crippen LogP contribution >= 0.6 is 0 Å². The molecule has 1 heterocycles. The number of carbonyl (C=O) groups excluding carboxylic acids is 1. The molecule has 1 aliphatic heterocycles. The third kappa shape index (κ3) is 2.64. The molecule has 0 bridgehead atoms. The number of nitrogens with zero attached hydrogens (tertiary/aromatic N) is 1. The minimum atomic E-state index is -1.67. The molecule has 110 valence electrons. The summed E-state index contributed by atoms with van der Waals surface area (Å²) in [6.07, 6.45) is -0.566. The van der Waals surface area contributed by atoms with Crippen LogP contribution in [0.5, 0.6) is 0 Å². The van der Waals surface area contributed by atoms with Crippen LogP contribution in [0.4, 0.5) is 13.2 Å². The van der Waals surface area contributed by atoms with Gasteiger partial charge in [0.15, 0.2) is 17.5 Å². The second-order valence-corrected chi connectivity index (χ2v) is 4.67. The largest absolute Gasteiger partial charge is 0.394 e. The van der Waals surface area contributed by atoms with Gasteiger partial charge in [0.2, 0.25) is 0 Å². The fraction of sp³-hybridized carbons (Fsp3) is 0.462. The van der Waals surface area contributed by atoms with Crippen LogP contribution in [-0.2, 0) is 4.74 Å². The second-order valence-electron chi connectivity index (χ2n) is 4.67. The van der Waals surface area contributed by atoms with E-state index in [1.54, 1.807) is 6.92 Å². The van der Waals surface area contributed by atoms with Crippen molar-refractivity contribution in [2.45, 2.75) is 19.1 Å². The second kappa shape index (κ2) is 5.80. The van der Waals surface area contributed by atoms with Crippen molar-refractivity contribution in [2.24, 2.45) is 0 Å². The van der Waals surface area contributed by atoms with E-state index in [1.165, 1.54) is 4.90 Å². The highest BCUT2D eigenvalue weighted by Gasteiger charge is 2.32. The minimum Gasteiger partial charge on any atom is -0.394 e. The van der Waals surface area contributed by atoms with Crippen molar-refractivity contribution in [3.8, 4) is 0 Å². The molecule has 0 aromatic heterocycles. The summed E-state index contributed by atoms with van der Waals surface area (Å²) in [6, 6.07) is 1.27. The number of hydrogen-bond acceptors (Lipinski definition) is 3. The van der Waals surface area contributed by atoms with E-state index in [0.29, 0.717) is 6.07 Å². The maximum Gasteiger partial charge on any atom is 0.257 e. The van der Waals surface area contributed by atoms with Crippen molar-refractivity contribution in [1.29, 1.82) is 0 Å². The molecule has 1 fully saturated rings. The lowest BCUT2D eigenvalue weighted by atomic mass is 10.1. The molecule has 0 saturated carbocycles. The van der Waals surface area contributed by atoms with E-state index in [4.69, 9.17) is 9.84 Å².